The number of halogens is 1. The smallest absolute Gasteiger partial charge is 0.241 e. The topological polar surface area (TPSA) is 88.2 Å². The molecule has 0 aliphatic heterocycles. The van der Waals surface area contributed by atoms with Crippen LogP contribution in [0.25, 0.3) is 0 Å². The number of carbonyl (C=O) groups excluding carboxylic acids is 1. The molecule has 9 heteroatoms. The largest absolute Gasteiger partial charge is 0.355 e. The molecule has 0 radical (unpaired) electrons. The first-order valence-electron chi connectivity index (χ1n) is 9.15. The second kappa shape index (κ2) is 10.5. The molecule has 6 nitrogen and oxygen atoms in total. The highest BCUT2D eigenvalue weighted by Crippen LogP contribution is 2.16. The van der Waals surface area contributed by atoms with E-state index in [-0.39, 0.29) is 16.7 Å². The maximum Gasteiger partial charge on any atom is 0.241 e. The highest BCUT2D eigenvalue weighted by Gasteiger charge is 2.28. The van der Waals surface area contributed by atoms with Crippen molar-refractivity contribution in [1.29, 1.82) is 0 Å². The molecule has 0 spiro atoms. The molecular weight excluding hydrogens is 462 g/mol. The number of carbonyl (C=O) groups is 1. The zero-order chi connectivity index (χ0) is 20.7. The van der Waals surface area contributed by atoms with Gasteiger partial charge in [0, 0.05) is 22.1 Å². The van der Waals surface area contributed by atoms with E-state index in [1.807, 2.05) is 26.2 Å². The Morgan fingerprint density at radius 2 is 1.89 bits per heavy atom. The maximum absolute atomic E-state index is 12.6. The third-order valence-electron chi connectivity index (χ3n) is 4.14. The van der Waals surface area contributed by atoms with Crippen LogP contribution < -0.4 is 10.0 Å². The van der Waals surface area contributed by atoms with Gasteiger partial charge in [0.1, 0.15) is 6.04 Å². The lowest BCUT2D eigenvalue weighted by Gasteiger charge is -2.21. The van der Waals surface area contributed by atoms with Crippen molar-refractivity contribution in [1.82, 2.24) is 15.0 Å². The Morgan fingerprint density at radius 1 is 1.21 bits per heavy atom. The number of amides is 1. The molecule has 0 saturated heterocycles. The van der Waals surface area contributed by atoms with Crippen molar-refractivity contribution < 1.29 is 13.2 Å². The second-order valence-corrected chi connectivity index (χ2v) is 10.5. The number of benzene rings is 1. The molecule has 1 heterocycles. The zero-order valence-electron chi connectivity index (χ0n) is 16.2. The third kappa shape index (κ3) is 6.95. The van der Waals surface area contributed by atoms with Crippen molar-refractivity contribution in [2.75, 3.05) is 6.54 Å². The summed E-state index contributed by atoms with van der Waals surface area (Å²) in [5.41, 5.74) is 1.03. The predicted octanol–water partition coefficient (Wildman–Crippen LogP) is 3.66. The minimum Gasteiger partial charge on any atom is -0.355 e. The number of aryl methyl sites for hydroxylation is 2. The van der Waals surface area contributed by atoms with Crippen LogP contribution in [0, 0.1) is 12.8 Å². The number of hydrogen-bond acceptors (Lipinski definition) is 5. The molecule has 0 aliphatic carbocycles. The first-order chi connectivity index (χ1) is 13.2. The fourth-order valence-corrected chi connectivity index (χ4v) is 5.01. The van der Waals surface area contributed by atoms with Crippen molar-refractivity contribution in [3.8, 4) is 0 Å². The average Bonchev–Trinajstić information content (AvgIpc) is 3.04. The number of thiazole rings is 1. The van der Waals surface area contributed by atoms with E-state index in [4.69, 9.17) is 0 Å². The lowest BCUT2D eigenvalue weighted by Crippen LogP contribution is -2.49. The average molecular weight is 488 g/mol. The highest BCUT2D eigenvalue weighted by molar-refractivity contribution is 9.10. The molecule has 0 fully saturated rings. The molecular formula is C19H26BrN3O3S2. The van der Waals surface area contributed by atoms with Gasteiger partial charge >= 0.3 is 0 Å². The van der Waals surface area contributed by atoms with Gasteiger partial charge in [-0.2, -0.15) is 4.72 Å². The van der Waals surface area contributed by atoms with Crippen LogP contribution in [0.5, 0.6) is 0 Å². The van der Waals surface area contributed by atoms with E-state index in [9.17, 15) is 13.2 Å². The summed E-state index contributed by atoms with van der Waals surface area (Å²) in [6.45, 7) is 6.12. The molecule has 0 bridgehead atoms. The van der Waals surface area contributed by atoms with E-state index in [1.165, 1.54) is 12.1 Å². The fourth-order valence-electron chi connectivity index (χ4n) is 2.58. The van der Waals surface area contributed by atoms with Crippen molar-refractivity contribution >= 4 is 43.2 Å². The summed E-state index contributed by atoms with van der Waals surface area (Å²) in [4.78, 5) is 17.1. The van der Waals surface area contributed by atoms with E-state index in [1.54, 1.807) is 23.5 Å². The maximum atomic E-state index is 12.6. The Kier molecular flexibility index (Phi) is 8.60. The molecule has 2 N–H and O–H groups in total. The van der Waals surface area contributed by atoms with Gasteiger partial charge in [-0.15, -0.1) is 11.3 Å². The number of hydrogen-bond donors (Lipinski definition) is 2. The molecule has 0 unspecified atom stereocenters. The van der Waals surface area contributed by atoms with Gasteiger partial charge in [-0.1, -0.05) is 29.8 Å². The number of rotatable bonds is 10. The van der Waals surface area contributed by atoms with Crippen LogP contribution >= 0.6 is 27.3 Å². The summed E-state index contributed by atoms with van der Waals surface area (Å²) in [5.74, 6) is -0.482. The highest BCUT2D eigenvalue weighted by atomic mass is 79.9. The molecule has 154 valence electrons. The van der Waals surface area contributed by atoms with Gasteiger partial charge < -0.3 is 5.32 Å². The van der Waals surface area contributed by atoms with Crippen LogP contribution in [-0.2, 0) is 21.2 Å². The van der Waals surface area contributed by atoms with Crippen LogP contribution in [0.15, 0.2) is 39.0 Å². The first-order valence-corrected chi connectivity index (χ1v) is 12.3. The Labute approximate surface area is 179 Å². The van der Waals surface area contributed by atoms with Crippen LogP contribution in [-0.4, -0.2) is 31.9 Å². The number of sulfonamides is 1. The Balaban J connectivity index is 1.86. The van der Waals surface area contributed by atoms with E-state index < -0.39 is 16.1 Å². The van der Waals surface area contributed by atoms with Crippen LogP contribution in [0.1, 0.15) is 37.4 Å². The summed E-state index contributed by atoms with van der Waals surface area (Å²) in [6.07, 6.45) is 2.62. The summed E-state index contributed by atoms with van der Waals surface area (Å²) in [5, 5.41) is 5.98. The Morgan fingerprint density at radius 3 is 2.46 bits per heavy atom. The predicted molar refractivity (Wildman–Crippen MR) is 116 cm³/mol. The van der Waals surface area contributed by atoms with E-state index >= 15 is 0 Å². The molecule has 1 aromatic heterocycles. The van der Waals surface area contributed by atoms with Crippen molar-refractivity contribution in [3.63, 3.8) is 0 Å². The standard InChI is InChI=1S/C19H26BrN3O3S2/c1-13(2)18(23-28(25,26)16-9-7-15(20)8-10-16)19(24)21-11-5-4-6-17-22-14(3)12-27-17/h7-10,12-13,18,23H,4-6,11H2,1-3H3,(H,21,24)/t18-/m0/s1. The zero-order valence-corrected chi connectivity index (χ0v) is 19.5. The van der Waals surface area contributed by atoms with Crippen molar-refractivity contribution in [2.24, 2.45) is 5.92 Å². The first kappa shape index (κ1) is 23.0. The SMILES string of the molecule is Cc1csc(CCCCNC(=O)[C@@H](NS(=O)(=O)c2ccc(Br)cc2)C(C)C)n1. The number of aromatic nitrogens is 1. The van der Waals surface area contributed by atoms with E-state index in [2.05, 4.69) is 31.0 Å². The van der Waals surface area contributed by atoms with Gasteiger partial charge in [0.2, 0.25) is 15.9 Å². The number of nitrogens with zero attached hydrogens (tertiary/aromatic N) is 1. The minimum absolute atomic E-state index is 0.132. The van der Waals surface area contributed by atoms with E-state index in [0.29, 0.717) is 6.54 Å². The summed E-state index contributed by atoms with van der Waals surface area (Å²) in [7, 11) is -3.77. The molecule has 2 aromatic rings. The Bertz CT molecular complexity index is 880. The van der Waals surface area contributed by atoms with Crippen LogP contribution in [0.4, 0.5) is 0 Å². The quantitative estimate of drug-likeness (QED) is 0.500. The van der Waals surface area contributed by atoms with E-state index in [0.717, 1.165) is 34.4 Å². The van der Waals surface area contributed by atoms with Gasteiger partial charge in [0.05, 0.1) is 9.90 Å². The molecule has 28 heavy (non-hydrogen) atoms. The number of unbranched alkanes of at least 4 members (excludes halogenated alkanes) is 1. The lowest BCUT2D eigenvalue weighted by atomic mass is 10.1. The van der Waals surface area contributed by atoms with Crippen LogP contribution in [0.3, 0.4) is 0 Å². The van der Waals surface area contributed by atoms with Gasteiger partial charge in [-0.3, -0.25) is 4.79 Å². The summed E-state index contributed by atoms with van der Waals surface area (Å²) < 4.78 is 28.5. The van der Waals surface area contributed by atoms with Crippen molar-refractivity contribution in [3.05, 3.63) is 44.8 Å². The molecule has 0 saturated carbocycles. The van der Waals surface area contributed by atoms with Gasteiger partial charge in [0.25, 0.3) is 0 Å². The van der Waals surface area contributed by atoms with Gasteiger partial charge in [0.15, 0.2) is 0 Å². The van der Waals surface area contributed by atoms with Crippen molar-refractivity contribution in [2.45, 2.75) is 51.0 Å². The van der Waals surface area contributed by atoms with Gasteiger partial charge in [-0.25, -0.2) is 13.4 Å². The summed E-state index contributed by atoms with van der Waals surface area (Å²) in [6, 6.07) is 5.49. The molecule has 2 rings (SSSR count). The second-order valence-electron chi connectivity index (χ2n) is 6.93. The molecule has 1 amide bonds. The Hall–Kier alpha value is -1.29. The number of nitrogens with one attached hydrogen (secondary N) is 2. The molecule has 1 atom stereocenters. The lowest BCUT2D eigenvalue weighted by molar-refractivity contribution is -0.123. The summed E-state index contributed by atoms with van der Waals surface area (Å²) >= 11 is 4.93. The third-order valence-corrected chi connectivity index (χ3v) is 7.15. The van der Waals surface area contributed by atoms with Crippen LogP contribution in [0.2, 0.25) is 0 Å². The molecule has 1 aromatic carbocycles. The molecule has 0 aliphatic rings. The fraction of sp³-hybridized carbons (Fsp3) is 0.474. The minimum atomic E-state index is -3.77. The van der Waals surface area contributed by atoms with Gasteiger partial charge in [-0.05, 0) is 56.4 Å². The normalized spacial score (nSPS) is 12.9. The monoisotopic (exact) mass is 487 g/mol.